The van der Waals surface area contributed by atoms with E-state index in [1.54, 1.807) is 0 Å². The fourth-order valence-electron chi connectivity index (χ4n) is 2.86. The van der Waals surface area contributed by atoms with E-state index < -0.39 is 11.0 Å². The second kappa shape index (κ2) is 5.52. The first-order valence-corrected chi connectivity index (χ1v) is 9.28. The van der Waals surface area contributed by atoms with Crippen LogP contribution in [0.2, 0.25) is 0 Å². The number of hydrogen-bond donors (Lipinski definition) is 2. The number of nitrogens with one attached hydrogen (secondary N) is 2. The third-order valence-corrected chi connectivity index (χ3v) is 6.08. The number of rotatable bonds is 2. The predicted molar refractivity (Wildman–Crippen MR) is 92.7 cm³/mol. The van der Waals surface area contributed by atoms with Crippen LogP contribution in [0.5, 0.6) is 0 Å². The summed E-state index contributed by atoms with van der Waals surface area (Å²) in [6.07, 6.45) is 3.25. The van der Waals surface area contributed by atoms with Crippen molar-refractivity contribution in [2.45, 2.75) is 50.8 Å². The van der Waals surface area contributed by atoms with Gasteiger partial charge in [0.25, 0.3) is 0 Å². The zero-order chi connectivity index (χ0) is 15.2. The van der Waals surface area contributed by atoms with Crippen molar-refractivity contribution >= 4 is 37.8 Å². The van der Waals surface area contributed by atoms with Gasteiger partial charge in [-0.05, 0) is 63.8 Å². The highest BCUT2D eigenvalue weighted by Gasteiger charge is 2.28. The lowest BCUT2D eigenvalue weighted by Gasteiger charge is -2.27. The fraction of sp³-hybridized carbons (Fsp3) is 0.500. The topological polar surface area (TPSA) is 44.9 Å². The van der Waals surface area contributed by atoms with Gasteiger partial charge >= 0.3 is 0 Å². The second-order valence-electron chi connectivity index (χ2n) is 6.65. The molecule has 1 aromatic carbocycles. The van der Waals surface area contributed by atoms with E-state index >= 15 is 0 Å². The quantitative estimate of drug-likeness (QED) is 0.812. The summed E-state index contributed by atoms with van der Waals surface area (Å²) in [6.45, 7) is 6.01. The molecule has 2 N–H and O–H groups in total. The molecule has 0 radical (unpaired) electrons. The highest BCUT2D eigenvalue weighted by Crippen LogP contribution is 2.36. The third kappa shape index (κ3) is 2.96. The maximum atomic E-state index is 12.4. The van der Waals surface area contributed by atoms with E-state index in [4.69, 9.17) is 0 Å². The Kier molecular flexibility index (Phi) is 4.01. The Morgan fingerprint density at radius 1 is 1.38 bits per heavy atom. The van der Waals surface area contributed by atoms with Crippen LogP contribution in [0.1, 0.15) is 50.9 Å². The fourth-order valence-corrected chi connectivity index (χ4v) is 4.07. The van der Waals surface area contributed by atoms with Crippen molar-refractivity contribution in [3.05, 3.63) is 33.9 Å². The molecule has 3 nitrogen and oxygen atoms in total. The molecule has 0 spiro atoms. The summed E-state index contributed by atoms with van der Waals surface area (Å²) in [5, 5.41) is 1.28. The number of hydrogen-bond acceptors (Lipinski definition) is 1. The molecular formula is C16H21BrN2OS. The number of aromatic amines is 1. The summed E-state index contributed by atoms with van der Waals surface area (Å²) >= 11 is 3.55. The number of aryl methyl sites for hydroxylation is 1. The average molecular weight is 369 g/mol. The number of aromatic nitrogens is 1. The Morgan fingerprint density at radius 2 is 2.14 bits per heavy atom. The molecule has 0 saturated carbocycles. The van der Waals surface area contributed by atoms with Crippen molar-refractivity contribution < 1.29 is 4.21 Å². The van der Waals surface area contributed by atoms with E-state index in [0.29, 0.717) is 0 Å². The number of halogens is 1. The molecule has 2 aromatic rings. The Balaban J connectivity index is 1.98. The molecule has 5 heteroatoms. The minimum atomic E-state index is -1.05. The molecular weight excluding hydrogens is 348 g/mol. The molecule has 0 aliphatic heterocycles. The predicted octanol–water partition coefficient (Wildman–Crippen LogP) is 4.36. The van der Waals surface area contributed by atoms with Crippen LogP contribution in [-0.2, 0) is 17.4 Å². The molecule has 0 fully saturated rings. The van der Waals surface area contributed by atoms with E-state index in [0.717, 1.165) is 23.7 Å². The summed E-state index contributed by atoms with van der Waals surface area (Å²) in [5.74, 6) is 0. The summed E-state index contributed by atoms with van der Waals surface area (Å²) < 4.78 is 16.6. The van der Waals surface area contributed by atoms with E-state index in [1.807, 2.05) is 20.8 Å². The Labute approximate surface area is 136 Å². The lowest BCUT2D eigenvalue weighted by molar-refractivity contribution is 0.517. The lowest BCUT2D eigenvalue weighted by atomic mass is 9.92. The van der Waals surface area contributed by atoms with E-state index in [2.05, 4.69) is 43.8 Å². The maximum absolute atomic E-state index is 12.4. The Hall–Kier alpha value is -0.650. The van der Waals surface area contributed by atoms with E-state index in [9.17, 15) is 4.21 Å². The van der Waals surface area contributed by atoms with E-state index in [-0.39, 0.29) is 10.8 Å². The maximum Gasteiger partial charge on any atom is 0.0976 e. The minimum absolute atomic E-state index is 0.153. The summed E-state index contributed by atoms with van der Waals surface area (Å²) in [4.78, 5) is 3.53. The van der Waals surface area contributed by atoms with Crippen LogP contribution in [0.25, 0.3) is 10.9 Å². The van der Waals surface area contributed by atoms with E-state index in [1.165, 1.54) is 22.2 Å². The van der Waals surface area contributed by atoms with Crippen LogP contribution >= 0.6 is 15.9 Å². The van der Waals surface area contributed by atoms with Gasteiger partial charge in [0, 0.05) is 21.1 Å². The molecule has 114 valence electrons. The number of fused-ring (bicyclic) bond motifs is 3. The SMILES string of the molecule is CC(C)(C)S(=O)NC1CCCc2c1[nH]c1ccc(Br)cc21. The smallest absolute Gasteiger partial charge is 0.0976 e. The molecule has 0 amide bonds. The van der Waals surface area contributed by atoms with Crippen LogP contribution in [-0.4, -0.2) is 13.9 Å². The van der Waals surface area contributed by atoms with Crippen molar-refractivity contribution in [3.8, 4) is 0 Å². The molecule has 1 heterocycles. The van der Waals surface area contributed by atoms with Crippen molar-refractivity contribution in [2.24, 2.45) is 0 Å². The second-order valence-corrected chi connectivity index (χ2v) is 9.56. The van der Waals surface area contributed by atoms with Gasteiger partial charge < -0.3 is 4.98 Å². The van der Waals surface area contributed by atoms with Crippen molar-refractivity contribution in [3.63, 3.8) is 0 Å². The van der Waals surface area contributed by atoms with Gasteiger partial charge in [0.05, 0.1) is 21.8 Å². The van der Waals surface area contributed by atoms with Gasteiger partial charge in [0.15, 0.2) is 0 Å². The first-order chi connectivity index (χ1) is 9.86. The first kappa shape index (κ1) is 15.3. The van der Waals surface area contributed by atoms with Crippen LogP contribution in [0.15, 0.2) is 22.7 Å². The largest absolute Gasteiger partial charge is 0.357 e. The molecule has 21 heavy (non-hydrogen) atoms. The van der Waals surface area contributed by atoms with Gasteiger partial charge in [-0.1, -0.05) is 15.9 Å². The van der Waals surface area contributed by atoms with Gasteiger partial charge in [-0.25, -0.2) is 8.93 Å². The van der Waals surface area contributed by atoms with Gasteiger partial charge in [0.2, 0.25) is 0 Å². The number of benzene rings is 1. The normalized spacial score (nSPS) is 20.5. The molecule has 0 bridgehead atoms. The van der Waals surface area contributed by atoms with Crippen LogP contribution in [0.4, 0.5) is 0 Å². The summed E-state index contributed by atoms with van der Waals surface area (Å²) in [6, 6.07) is 6.49. The van der Waals surface area contributed by atoms with Crippen molar-refractivity contribution in [1.82, 2.24) is 9.71 Å². The summed E-state index contributed by atoms with van der Waals surface area (Å²) in [5.41, 5.74) is 3.76. The molecule has 2 atom stereocenters. The van der Waals surface area contributed by atoms with Crippen LogP contribution < -0.4 is 4.72 Å². The van der Waals surface area contributed by atoms with Gasteiger partial charge in [0.1, 0.15) is 0 Å². The molecule has 2 unspecified atom stereocenters. The summed E-state index contributed by atoms with van der Waals surface area (Å²) in [7, 11) is -1.05. The minimum Gasteiger partial charge on any atom is -0.357 e. The average Bonchev–Trinajstić information content (AvgIpc) is 2.77. The Morgan fingerprint density at radius 3 is 2.86 bits per heavy atom. The molecule has 1 aliphatic rings. The molecule has 1 aromatic heterocycles. The first-order valence-electron chi connectivity index (χ1n) is 7.34. The van der Waals surface area contributed by atoms with Crippen LogP contribution in [0, 0.1) is 0 Å². The van der Waals surface area contributed by atoms with Gasteiger partial charge in [-0.3, -0.25) is 0 Å². The van der Waals surface area contributed by atoms with Gasteiger partial charge in [-0.2, -0.15) is 0 Å². The van der Waals surface area contributed by atoms with Crippen molar-refractivity contribution in [1.29, 1.82) is 0 Å². The highest BCUT2D eigenvalue weighted by molar-refractivity contribution is 9.10. The zero-order valence-corrected chi connectivity index (χ0v) is 15.0. The third-order valence-electron chi connectivity index (χ3n) is 3.97. The zero-order valence-electron chi connectivity index (χ0n) is 12.6. The van der Waals surface area contributed by atoms with Crippen LogP contribution in [0.3, 0.4) is 0 Å². The molecule has 3 rings (SSSR count). The number of H-pyrrole nitrogens is 1. The highest BCUT2D eigenvalue weighted by atomic mass is 79.9. The monoisotopic (exact) mass is 368 g/mol. The molecule has 1 aliphatic carbocycles. The van der Waals surface area contributed by atoms with Gasteiger partial charge in [-0.15, -0.1) is 0 Å². The Bertz CT molecular complexity index is 702. The standard InChI is InChI=1S/C16H21BrN2OS/c1-16(2,3)21(20)19-14-6-4-5-11-12-9-10(17)7-8-13(12)18-15(11)14/h7-9,14,18-19H,4-6H2,1-3H3. The molecule has 0 saturated heterocycles. The lowest BCUT2D eigenvalue weighted by Crippen LogP contribution is -2.37. The van der Waals surface area contributed by atoms with Crippen molar-refractivity contribution in [2.75, 3.05) is 0 Å².